The predicted octanol–water partition coefficient (Wildman–Crippen LogP) is 3.60. The number of amides is 2. The average Bonchev–Trinajstić information content (AvgIpc) is 3.54. The molecule has 0 bridgehead atoms. The van der Waals surface area contributed by atoms with Gasteiger partial charge in [-0.1, -0.05) is 26.0 Å². The highest BCUT2D eigenvalue weighted by atomic mass is 32.2. The van der Waals surface area contributed by atoms with Crippen molar-refractivity contribution in [2.45, 2.75) is 44.4 Å². The number of ether oxygens (including phenoxy) is 1. The van der Waals surface area contributed by atoms with Gasteiger partial charge >= 0.3 is 6.09 Å². The van der Waals surface area contributed by atoms with E-state index in [1.54, 1.807) is 17.0 Å². The van der Waals surface area contributed by atoms with Gasteiger partial charge in [0.1, 0.15) is 6.61 Å². The molecule has 2 aliphatic heterocycles. The van der Waals surface area contributed by atoms with Crippen LogP contribution in [0.2, 0.25) is 0 Å². The van der Waals surface area contributed by atoms with Gasteiger partial charge in [-0.25, -0.2) is 17.9 Å². The predicted molar refractivity (Wildman–Crippen MR) is 125 cm³/mol. The topological polar surface area (TPSA) is 105 Å². The molecule has 1 aliphatic carbocycles. The fourth-order valence-corrected chi connectivity index (χ4v) is 5.95. The highest BCUT2D eigenvalue weighted by molar-refractivity contribution is 7.91. The van der Waals surface area contributed by atoms with Crippen molar-refractivity contribution in [3.63, 3.8) is 0 Å². The fourth-order valence-electron chi connectivity index (χ4n) is 4.65. The summed E-state index contributed by atoms with van der Waals surface area (Å²) in [6, 6.07) is 13.1. The van der Waals surface area contributed by atoms with E-state index in [1.165, 1.54) is 0 Å². The van der Waals surface area contributed by atoms with Crippen molar-refractivity contribution in [1.29, 1.82) is 0 Å². The molecule has 2 amide bonds. The Hall–Kier alpha value is -3.07. The average molecular weight is 470 g/mol. The van der Waals surface area contributed by atoms with E-state index in [0.717, 1.165) is 22.5 Å². The Balaban J connectivity index is 1.39. The maximum Gasteiger partial charge on any atom is 0.414 e. The third kappa shape index (κ3) is 4.17. The van der Waals surface area contributed by atoms with Gasteiger partial charge in [-0.05, 0) is 66.1 Å². The Kier molecular flexibility index (Phi) is 5.12. The summed E-state index contributed by atoms with van der Waals surface area (Å²) in [6.07, 6.45) is 1.58. The standard InChI is InChI=1S/C24H27N3O5S/c1-24(2)14-17-12-16(22(28)26-33(30,31)19-7-8-19)6-9-20(17)25-21(24)15-4-3-5-18(13-15)27-10-11-32-23(27)29/h3-6,9,12-13,19,21,25H,7-8,10-11,14H2,1-2H3,(H,26,28). The van der Waals surface area contributed by atoms with Crippen LogP contribution in [0.25, 0.3) is 0 Å². The fraction of sp³-hybridized carbons (Fsp3) is 0.417. The van der Waals surface area contributed by atoms with Gasteiger partial charge < -0.3 is 10.1 Å². The van der Waals surface area contributed by atoms with Gasteiger partial charge in [-0.2, -0.15) is 0 Å². The van der Waals surface area contributed by atoms with Crippen LogP contribution in [0.3, 0.4) is 0 Å². The lowest BCUT2D eigenvalue weighted by Gasteiger charge is -2.41. The van der Waals surface area contributed by atoms with Crippen LogP contribution in [-0.4, -0.2) is 38.8 Å². The summed E-state index contributed by atoms with van der Waals surface area (Å²) >= 11 is 0. The second-order valence-corrected chi connectivity index (χ2v) is 11.6. The third-order valence-corrected chi connectivity index (χ3v) is 8.39. The number of hydrogen-bond acceptors (Lipinski definition) is 6. The smallest absolute Gasteiger partial charge is 0.414 e. The molecule has 8 nitrogen and oxygen atoms in total. The van der Waals surface area contributed by atoms with Crippen LogP contribution in [0.15, 0.2) is 42.5 Å². The molecular weight excluding hydrogens is 442 g/mol. The zero-order valence-electron chi connectivity index (χ0n) is 18.6. The van der Waals surface area contributed by atoms with Crippen LogP contribution >= 0.6 is 0 Å². The molecule has 2 aromatic carbocycles. The van der Waals surface area contributed by atoms with Crippen LogP contribution in [0.5, 0.6) is 0 Å². The Bertz CT molecular complexity index is 1240. The molecule has 174 valence electrons. The van der Waals surface area contributed by atoms with E-state index in [4.69, 9.17) is 4.74 Å². The second kappa shape index (κ2) is 7.76. The molecule has 1 saturated heterocycles. The number of benzene rings is 2. The summed E-state index contributed by atoms with van der Waals surface area (Å²) in [7, 11) is -3.59. The lowest BCUT2D eigenvalue weighted by atomic mass is 9.72. The number of carbonyl (C=O) groups excluding carboxylic acids is 2. The summed E-state index contributed by atoms with van der Waals surface area (Å²) < 4.78 is 31.5. The van der Waals surface area contributed by atoms with Gasteiger partial charge in [-0.15, -0.1) is 0 Å². The number of carbonyl (C=O) groups is 2. The minimum atomic E-state index is -3.59. The number of nitrogens with one attached hydrogen (secondary N) is 2. The number of nitrogens with zero attached hydrogens (tertiary/aromatic N) is 1. The number of anilines is 2. The van der Waals surface area contributed by atoms with Crippen molar-refractivity contribution in [3.8, 4) is 0 Å². The summed E-state index contributed by atoms with van der Waals surface area (Å²) in [6.45, 7) is 5.22. The van der Waals surface area contributed by atoms with Crippen LogP contribution in [-0.2, 0) is 21.2 Å². The van der Waals surface area contributed by atoms with Crippen molar-refractivity contribution >= 4 is 33.4 Å². The molecule has 2 fully saturated rings. The molecule has 0 radical (unpaired) electrons. The quantitative estimate of drug-likeness (QED) is 0.693. The first-order chi connectivity index (χ1) is 15.6. The van der Waals surface area contributed by atoms with Crippen molar-refractivity contribution in [2.75, 3.05) is 23.4 Å². The number of hydrogen-bond donors (Lipinski definition) is 2. The van der Waals surface area contributed by atoms with Crippen LogP contribution in [0, 0.1) is 5.41 Å². The number of sulfonamides is 1. The summed E-state index contributed by atoms with van der Waals surface area (Å²) in [5, 5.41) is 3.14. The van der Waals surface area contributed by atoms with Crippen molar-refractivity contribution in [2.24, 2.45) is 5.41 Å². The normalized spacial score (nSPS) is 21.7. The van der Waals surface area contributed by atoms with Gasteiger partial charge in [0.25, 0.3) is 5.91 Å². The van der Waals surface area contributed by atoms with Crippen LogP contribution in [0.4, 0.5) is 16.2 Å². The monoisotopic (exact) mass is 469 g/mol. The molecular formula is C24H27N3O5S. The van der Waals surface area contributed by atoms with E-state index < -0.39 is 21.2 Å². The Morgan fingerprint density at radius 1 is 1.18 bits per heavy atom. The van der Waals surface area contributed by atoms with Gasteiger partial charge in [0.05, 0.1) is 17.8 Å². The molecule has 0 aromatic heterocycles. The van der Waals surface area contributed by atoms with Gasteiger partial charge in [0.2, 0.25) is 10.0 Å². The highest BCUT2D eigenvalue weighted by Crippen LogP contribution is 2.45. The third-order valence-electron chi connectivity index (χ3n) is 6.57. The Morgan fingerprint density at radius 3 is 2.67 bits per heavy atom. The van der Waals surface area contributed by atoms with Crippen molar-refractivity contribution in [1.82, 2.24) is 4.72 Å². The number of rotatable bonds is 5. The maximum atomic E-state index is 12.6. The van der Waals surface area contributed by atoms with E-state index in [9.17, 15) is 18.0 Å². The van der Waals surface area contributed by atoms with Gasteiger partial charge in [0, 0.05) is 16.9 Å². The molecule has 2 N–H and O–H groups in total. The first-order valence-corrected chi connectivity index (χ1v) is 12.7. The molecule has 5 rings (SSSR count). The zero-order valence-corrected chi connectivity index (χ0v) is 19.4. The molecule has 0 spiro atoms. The summed E-state index contributed by atoms with van der Waals surface area (Å²) in [5.74, 6) is -0.588. The minimum Gasteiger partial charge on any atom is -0.447 e. The molecule has 1 unspecified atom stereocenters. The first-order valence-electron chi connectivity index (χ1n) is 11.1. The van der Waals surface area contributed by atoms with E-state index in [2.05, 4.69) is 23.9 Å². The van der Waals surface area contributed by atoms with E-state index in [1.807, 2.05) is 30.3 Å². The maximum absolute atomic E-state index is 12.6. The van der Waals surface area contributed by atoms with E-state index in [-0.39, 0.29) is 17.6 Å². The second-order valence-electron chi connectivity index (χ2n) is 9.65. The van der Waals surface area contributed by atoms with Gasteiger partial charge in [-0.3, -0.25) is 9.69 Å². The zero-order chi connectivity index (χ0) is 23.4. The Morgan fingerprint density at radius 2 is 1.97 bits per heavy atom. The molecule has 3 aliphatic rings. The molecule has 2 aromatic rings. The molecule has 2 heterocycles. The minimum absolute atomic E-state index is 0.0153. The molecule has 1 saturated carbocycles. The molecule has 9 heteroatoms. The lowest BCUT2D eigenvalue weighted by Crippen LogP contribution is -2.36. The van der Waals surface area contributed by atoms with Gasteiger partial charge in [0.15, 0.2) is 0 Å². The lowest BCUT2D eigenvalue weighted by molar-refractivity contribution is 0.0981. The number of cyclic esters (lactones) is 1. The van der Waals surface area contributed by atoms with Crippen molar-refractivity contribution < 1.29 is 22.7 Å². The summed E-state index contributed by atoms with van der Waals surface area (Å²) in [5.41, 5.74) is 3.87. The van der Waals surface area contributed by atoms with Crippen LogP contribution < -0.4 is 14.9 Å². The van der Waals surface area contributed by atoms with E-state index in [0.29, 0.717) is 38.0 Å². The largest absolute Gasteiger partial charge is 0.447 e. The first kappa shape index (κ1) is 21.8. The van der Waals surface area contributed by atoms with Crippen LogP contribution in [0.1, 0.15) is 54.2 Å². The van der Waals surface area contributed by atoms with Crippen molar-refractivity contribution in [3.05, 3.63) is 59.2 Å². The SMILES string of the molecule is CC1(C)Cc2cc(C(=O)NS(=O)(=O)C3CC3)ccc2NC1c1cccc(N2CCOC2=O)c1. The van der Waals surface area contributed by atoms with E-state index >= 15 is 0 Å². The number of fused-ring (bicyclic) bond motifs is 1. The Labute approximate surface area is 193 Å². The molecule has 33 heavy (non-hydrogen) atoms. The highest BCUT2D eigenvalue weighted by Gasteiger charge is 2.38. The summed E-state index contributed by atoms with van der Waals surface area (Å²) in [4.78, 5) is 26.2. The molecule has 1 atom stereocenters.